The lowest BCUT2D eigenvalue weighted by Gasteiger charge is -2.12. The Morgan fingerprint density at radius 3 is 2.95 bits per heavy atom. The first-order valence-corrected chi connectivity index (χ1v) is 6.14. The summed E-state index contributed by atoms with van der Waals surface area (Å²) in [7, 11) is 0. The number of nitrogens with zero attached hydrogens (tertiary/aromatic N) is 6. The molecule has 3 heterocycles. The van der Waals surface area contributed by atoms with E-state index in [1.165, 1.54) is 0 Å². The summed E-state index contributed by atoms with van der Waals surface area (Å²) in [6.07, 6.45) is 5.27. The fourth-order valence-corrected chi connectivity index (χ4v) is 1.99. The fraction of sp³-hybridized carbons (Fsp3) is 0.333. The molecule has 0 radical (unpaired) electrons. The van der Waals surface area contributed by atoms with Crippen LogP contribution in [0.3, 0.4) is 0 Å². The summed E-state index contributed by atoms with van der Waals surface area (Å²) in [4.78, 5) is 4.49. The molecule has 0 aromatic carbocycles. The second-order valence-electron chi connectivity index (χ2n) is 4.36. The molecule has 0 aliphatic heterocycles. The summed E-state index contributed by atoms with van der Waals surface area (Å²) in [5, 5.41) is 15.4. The van der Waals surface area contributed by atoms with Gasteiger partial charge in [-0.2, -0.15) is 9.61 Å². The normalized spacial score (nSPS) is 11.1. The highest BCUT2D eigenvalue weighted by molar-refractivity contribution is 5.54. The molecule has 0 fully saturated rings. The third kappa shape index (κ3) is 2.14. The van der Waals surface area contributed by atoms with Gasteiger partial charge in [0.2, 0.25) is 0 Å². The third-order valence-electron chi connectivity index (χ3n) is 3.12. The number of hydrogen-bond donors (Lipinski definition) is 1. The maximum atomic E-state index is 4.49. The van der Waals surface area contributed by atoms with Crippen LogP contribution in [0, 0.1) is 13.8 Å². The van der Waals surface area contributed by atoms with Crippen LogP contribution >= 0.6 is 0 Å². The summed E-state index contributed by atoms with van der Waals surface area (Å²) < 4.78 is 3.61. The second kappa shape index (κ2) is 4.68. The molecule has 0 amide bonds. The molecule has 0 unspecified atom stereocenters. The van der Waals surface area contributed by atoms with Gasteiger partial charge in [-0.05, 0) is 13.8 Å². The van der Waals surface area contributed by atoms with Crippen LogP contribution in [0.2, 0.25) is 0 Å². The largest absolute Gasteiger partial charge is 0.368 e. The molecule has 0 saturated heterocycles. The van der Waals surface area contributed by atoms with Crippen LogP contribution in [0.5, 0.6) is 0 Å². The van der Waals surface area contributed by atoms with Crippen molar-refractivity contribution in [3.05, 3.63) is 35.9 Å². The van der Waals surface area contributed by atoms with E-state index in [-0.39, 0.29) is 0 Å². The summed E-state index contributed by atoms with van der Waals surface area (Å²) in [6, 6.07) is 1.90. The monoisotopic (exact) mass is 257 g/mol. The minimum atomic E-state index is 0.753. The van der Waals surface area contributed by atoms with Crippen molar-refractivity contribution >= 4 is 11.5 Å². The Morgan fingerprint density at radius 2 is 2.16 bits per heavy atom. The number of rotatable bonds is 4. The van der Waals surface area contributed by atoms with E-state index in [4.69, 9.17) is 0 Å². The van der Waals surface area contributed by atoms with Gasteiger partial charge in [0.25, 0.3) is 0 Å². The second-order valence-corrected chi connectivity index (χ2v) is 4.36. The van der Waals surface area contributed by atoms with Gasteiger partial charge in [0.1, 0.15) is 5.82 Å². The first kappa shape index (κ1) is 11.6. The topological polar surface area (TPSA) is 72.9 Å². The molecule has 0 spiro atoms. The van der Waals surface area contributed by atoms with Gasteiger partial charge in [0.05, 0.1) is 18.9 Å². The molecule has 1 N–H and O–H groups in total. The number of anilines is 1. The molecule has 3 rings (SSSR count). The first-order valence-electron chi connectivity index (χ1n) is 6.14. The highest BCUT2D eigenvalue weighted by Crippen LogP contribution is 2.18. The summed E-state index contributed by atoms with van der Waals surface area (Å²) >= 11 is 0. The molecule has 0 aliphatic rings. The molecule has 3 aromatic rings. The van der Waals surface area contributed by atoms with Gasteiger partial charge in [-0.3, -0.25) is 4.68 Å². The lowest BCUT2D eigenvalue weighted by atomic mass is 10.2. The van der Waals surface area contributed by atoms with Gasteiger partial charge in [-0.15, -0.1) is 5.10 Å². The molecular weight excluding hydrogens is 242 g/mol. The third-order valence-corrected chi connectivity index (χ3v) is 3.12. The van der Waals surface area contributed by atoms with Gasteiger partial charge >= 0.3 is 0 Å². The lowest BCUT2D eigenvalue weighted by Crippen LogP contribution is -2.15. The molecular formula is C12H15N7. The molecule has 3 aromatic heterocycles. The summed E-state index contributed by atoms with van der Waals surface area (Å²) in [5.41, 5.74) is 2.97. The van der Waals surface area contributed by atoms with Crippen LogP contribution in [0.25, 0.3) is 5.65 Å². The number of aryl methyl sites for hydroxylation is 1. The van der Waals surface area contributed by atoms with Crippen LogP contribution in [0.1, 0.15) is 11.3 Å². The van der Waals surface area contributed by atoms with Gasteiger partial charge in [-0.25, -0.2) is 4.98 Å². The van der Waals surface area contributed by atoms with Crippen molar-refractivity contribution in [3.63, 3.8) is 0 Å². The molecule has 7 nitrogen and oxygen atoms in total. The van der Waals surface area contributed by atoms with Crippen molar-refractivity contribution in [2.24, 2.45) is 0 Å². The van der Waals surface area contributed by atoms with Crippen LogP contribution < -0.4 is 5.32 Å². The van der Waals surface area contributed by atoms with Crippen molar-refractivity contribution in [1.82, 2.24) is 29.6 Å². The van der Waals surface area contributed by atoms with E-state index < -0.39 is 0 Å². The van der Waals surface area contributed by atoms with Crippen molar-refractivity contribution < 1.29 is 0 Å². The highest BCUT2D eigenvalue weighted by atomic mass is 15.4. The predicted octanol–water partition coefficient (Wildman–Crippen LogP) is 1.05. The average Bonchev–Trinajstić information content (AvgIpc) is 3.04. The molecule has 19 heavy (non-hydrogen) atoms. The van der Waals surface area contributed by atoms with E-state index in [2.05, 4.69) is 25.7 Å². The van der Waals surface area contributed by atoms with Crippen LogP contribution in [0.4, 0.5) is 5.82 Å². The Hall–Kier alpha value is -2.44. The van der Waals surface area contributed by atoms with Gasteiger partial charge in [0.15, 0.2) is 5.65 Å². The predicted molar refractivity (Wildman–Crippen MR) is 71.0 cm³/mol. The van der Waals surface area contributed by atoms with Crippen molar-refractivity contribution in [2.75, 3.05) is 11.9 Å². The first-order chi connectivity index (χ1) is 9.25. The summed E-state index contributed by atoms with van der Waals surface area (Å²) in [6.45, 7) is 5.55. The van der Waals surface area contributed by atoms with E-state index in [0.717, 1.165) is 35.8 Å². The average molecular weight is 257 g/mol. The number of aromatic nitrogens is 6. The Morgan fingerprint density at radius 1 is 1.26 bits per heavy atom. The Labute approximate surface area is 110 Å². The van der Waals surface area contributed by atoms with E-state index in [1.54, 1.807) is 17.1 Å². The number of hydrogen-bond acceptors (Lipinski definition) is 5. The zero-order valence-corrected chi connectivity index (χ0v) is 10.9. The number of fused-ring (bicyclic) bond motifs is 1. The highest BCUT2D eigenvalue weighted by Gasteiger charge is 2.09. The molecule has 7 heteroatoms. The van der Waals surface area contributed by atoms with Crippen LogP contribution in [0.15, 0.2) is 24.7 Å². The quantitative estimate of drug-likeness (QED) is 0.756. The van der Waals surface area contributed by atoms with Crippen LogP contribution in [-0.2, 0) is 6.54 Å². The zero-order valence-electron chi connectivity index (χ0n) is 10.9. The molecule has 0 atom stereocenters. The van der Waals surface area contributed by atoms with Gasteiger partial charge in [-0.1, -0.05) is 5.21 Å². The summed E-state index contributed by atoms with van der Waals surface area (Å²) in [5.74, 6) is 0.979. The van der Waals surface area contributed by atoms with E-state index in [1.807, 2.05) is 30.6 Å². The Bertz CT molecular complexity index is 683. The van der Waals surface area contributed by atoms with Crippen molar-refractivity contribution in [2.45, 2.75) is 20.4 Å². The molecule has 0 aliphatic carbocycles. The van der Waals surface area contributed by atoms with Crippen molar-refractivity contribution in [1.29, 1.82) is 0 Å². The van der Waals surface area contributed by atoms with Gasteiger partial charge < -0.3 is 5.32 Å². The Kier molecular flexibility index (Phi) is 2.86. The van der Waals surface area contributed by atoms with E-state index in [0.29, 0.717) is 0 Å². The molecule has 0 saturated carbocycles. The minimum absolute atomic E-state index is 0.753. The standard InChI is InChI=1S/C12H15N7/c1-9-10(2)16-11-3-4-15-19(11)12(9)13-5-7-18-8-6-14-17-18/h3-4,6,8,13H,5,7H2,1-2H3. The van der Waals surface area contributed by atoms with E-state index in [9.17, 15) is 0 Å². The van der Waals surface area contributed by atoms with Crippen molar-refractivity contribution in [3.8, 4) is 0 Å². The fourth-order valence-electron chi connectivity index (χ4n) is 1.99. The zero-order chi connectivity index (χ0) is 13.2. The number of nitrogens with one attached hydrogen (secondary N) is 1. The Balaban J connectivity index is 1.83. The van der Waals surface area contributed by atoms with E-state index >= 15 is 0 Å². The lowest BCUT2D eigenvalue weighted by molar-refractivity contribution is 0.607. The molecule has 98 valence electrons. The minimum Gasteiger partial charge on any atom is -0.368 e. The molecule has 0 bridgehead atoms. The maximum absolute atomic E-state index is 4.49. The SMILES string of the molecule is Cc1nc2ccnn2c(NCCn2ccnn2)c1C. The van der Waals surface area contributed by atoms with Gasteiger partial charge in [0, 0.05) is 30.1 Å². The van der Waals surface area contributed by atoms with Crippen LogP contribution in [-0.4, -0.2) is 36.1 Å². The smallest absolute Gasteiger partial charge is 0.157 e. The maximum Gasteiger partial charge on any atom is 0.157 e.